The second-order valence-corrected chi connectivity index (χ2v) is 3.67. The third-order valence-electron chi connectivity index (χ3n) is 1.87. The number of benzene rings is 1. The zero-order valence-electron chi connectivity index (χ0n) is 7.56. The summed E-state index contributed by atoms with van der Waals surface area (Å²) in [6, 6.07) is 4.95. The third-order valence-corrected chi connectivity index (χ3v) is 2.16. The van der Waals surface area contributed by atoms with Crippen LogP contribution >= 0.6 is 11.6 Å². The molecule has 0 saturated heterocycles. The van der Waals surface area contributed by atoms with Gasteiger partial charge >= 0.3 is 0 Å². The number of halogens is 2. The second kappa shape index (κ2) is 4.58. The van der Waals surface area contributed by atoms with E-state index >= 15 is 0 Å². The number of hydrogen-bond acceptors (Lipinski definition) is 1. The fourth-order valence-electron chi connectivity index (χ4n) is 1.09. The van der Waals surface area contributed by atoms with Crippen LogP contribution in [0.4, 0.5) is 4.39 Å². The summed E-state index contributed by atoms with van der Waals surface area (Å²) in [4.78, 5) is 0. The van der Waals surface area contributed by atoms with Gasteiger partial charge in [-0.05, 0) is 37.5 Å². The summed E-state index contributed by atoms with van der Waals surface area (Å²) in [5.74, 6) is -0.369. The van der Waals surface area contributed by atoms with E-state index in [0.29, 0.717) is 0 Å². The molecule has 13 heavy (non-hydrogen) atoms. The van der Waals surface area contributed by atoms with Crippen LogP contribution in [0.3, 0.4) is 0 Å². The maximum atomic E-state index is 12.7. The van der Waals surface area contributed by atoms with Gasteiger partial charge in [-0.3, -0.25) is 0 Å². The third kappa shape index (κ3) is 3.33. The molecule has 0 bridgehead atoms. The van der Waals surface area contributed by atoms with E-state index in [9.17, 15) is 4.39 Å². The zero-order valence-corrected chi connectivity index (χ0v) is 8.31. The second-order valence-electron chi connectivity index (χ2n) is 3.26. The summed E-state index contributed by atoms with van der Waals surface area (Å²) in [6.45, 7) is 1.95. The summed E-state index contributed by atoms with van der Waals surface area (Å²) < 4.78 is 12.7. The van der Waals surface area contributed by atoms with Crippen LogP contribution in [-0.2, 0) is 6.42 Å². The van der Waals surface area contributed by atoms with Crippen molar-refractivity contribution in [1.29, 1.82) is 0 Å². The highest BCUT2D eigenvalue weighted by atomic mass is 35.5. The van der Waals surface area contributed by atoms with Crippen molar-refractivity contribution in [3.63, 3.8) is 0 Å². The van der Waals surface area contributed by atoms with Crippen molar-refractivity contribution in [2.24, 2.45) is 5.73 Å². The van der Waals surface area contributed by atoms with E-state index in [0.717, 1.165) is 18.4 Å². The van der Waals surface area contributed by atoms with Crippen molar-refractivity contribution >= 4 is 11.6 Å². The maximum Gasteiger partial charge on any atom is 0.141 e. The molecule has 1 rings (SSSR count). The number of hydrogen-bond donors (Lipinski definition) is 1. The Bertz CT molecular complexity index is 286. The van der Waals surface area contributed by atoms with Gasteiger partial charge < -0.3 is 5.73 Å². The quantitative estimate of drug-likeness (QED) is 0.800. The van der Waals surface area contributed by atoms with Gasteiger partial charge in [0.25, 0.3) is 0 Å². The summed E-state index contributed by atoms with van der Waals surface area (Å²) >= 11 is 5.62. The van der Waals surface area contributed by atoms with E-state index in [1.807, 2.05) is 6.92 Å². The first-order valence-corrected chi connectivity index (χ1v) is 4.67. The number of aryl methyl sites for hydroxylation is 1. The normalized spacial score (nSPS) is 12.9. The first-order chi connectivity index (χ1) is 6.09. The molecule has 0 aliphatic rings. The Morgan fingerprint density at radius 2 is 2.23 bits per heavy atom. The molecule has 0 fully saturated rings. The highest BCUT2D eigenvalue weighted by Crippen LogP contribution is 2.17. The Morgan fingerprint density at radius 3 is 2.77 bits per heavy atom. The molecule has 0 radical (unpaired) electrons. The molecule has 0 unspecified atom stereocenters. The molecule has 0 aliphatic heterocycles. The van der Waals surface area contributed by atoms with Gasteiger partial charge in [0.05, 0.1) is 5.02 Å². The minimum Gasteiger partial charge on any atom is -0.328 e. The lowest BCUT2D eigenvalue weighted by Gasteiger charge is -2.05. The Labute approximate surface area is 82.7 Å². The highest BCUT2D eigenvalue weighted by molar-refractivity contribution is 6.30. The maximum absolute atomic E-state index is 12.7. The Kier molecular flexibility index (Phi) is 3.70. The lowest BCUT2D eigenvalue weighted by Crippen LogP contribution is -2.15. The molecule has 0 heterocycles. The van der Waals surface area contributed by atoms with Crippen LogP contribution in [0.5, 0.6) is 0 Å². The minimum absolute atomic E-state index is 0.170. The molecule has 1 aromatic carbocycles. The molecule has 0 aliphatic carbocycles. The van der Waals surface area contributed by atoms with E-state index in [1.165, 1.54) is 6.07 Å². The van der Waals surface area contributed by atoms with Gasteiger partial charge in [0.15, 0.2) is 0 Å². The highest BCUT2D eigenvalue weighted by Gasteiger charge is 2.01. The van der Waals surface area contributed by atoms with Crippen molar-refractivity contribution in [3.05, 3.63) is 34.6 Å². The smallest absolute Gasteiger partial charge is 0.141 e. The van der Waals surface area contributed by atoms with Gasteiger partial charge in [0.1, 0.15) is 5.82 Å². The fourth-order valence-corrected chi connectivity index (χ4v) is 1.29. The van der Waals surface area contributed by atoms with Crippen LogP contribution in [0.1, 0.15) is 18.9 Å². The molecular formula is C10H13ClFN. The molecular weight excluding hydrogens is 189 g/mol. The monoisotopic (exact) mass is 201 g/mol. The van der Waals surface area contributed by atoms with Crippen molar-refractivity contribution in [2.75, 3.05) is 0 Å². The Morgan fingerprint density at radius 1 is 1.54 bits per heavy atom. The predicted molar refractivity (Wildman–Crippen MR) is 53.4 cm³/mol. The van der Waals surface area contributed by atoms with Crippen molar-refractivity contribution < 1.29 is 4.39 Å². The fraction of sp³-hybridized carbons (Fsp3) is 0.400. The first kappa shape index (κ1) is 10.5. The van der Waals surface area contributed by atoms with E-state index in [2.05, 4.69) is 0 Å². The standard InChI is InChI=1S/C10H13ClFN/c1-7(13)2-3-8-4-5-10(12)9(11)6-8/h4-7H,2-3,13H2,1H3/t7-/m1/s1. The Hall–Kier alpha value is -0.600. The molecule has 1 atom stereocenters. The summed E-state index contributed by atoms with van der Waals surface area (Å²) in [7, 11) is 0. The van der Waals surface area contributed by atoms with Crippen LogP contribution < -0.4 is 5.73 Å². The van der Waals surface area contributed by atoms with Gasteiger partial charge in [0, 0.05) is 6.04 Å². The van der Waals surface area contributed by atoms with Crippen LogP contribution in [-0.4, -0.2) is 6.04 Å². The molecule has 0 amide bonds. The zero-order chi connectivity index (χ0) is 9.84. The largest absolute Gasteiger partial charge is 0.328 e. The average molecular weight is 202 g/mol. The summed E-state index contributed by atoms with van der Waals surface area (Å²) in [5, 5.41) is 0.183. The predicted octanol–water partition coefficient (Wildman–Crippen LogP) is 2.76. The van der Waals surface area contributed by atoms with Gasteiger partial charge in [0.2, 0.25) is 0 Å². The minimum atomic E-state index is -0.369. The SMILES string of the molecule is C[C@@H](N)CCc1ccc(F)c(Cl)c1. The average Bonchev–Trinajstić information content (AvgIpc) is 2.07. The van der Waals surface area contributed by atoms with E-state index in [-0.39, 0.29) is 16.9 Å². The molecule has 2 N–H and O–H groups in total. The molecule has 72 valence electrons. The van der Waals surface area contributed by atoms with Crippen LogP contribution in [0.25, 0.3) is 0 Å². The molecule has 0 saturated carbocycles. The molecule has 0 aromatic heterocycles. The van der Waals surface area contributed by atoms with Crippen molar-refractivity contribution in [2.45, 2.75) is 25.8 Å². The van der Waals surface area contributed by atoms with E-state index < -0.39 is 0 Å². The van der Waals surface area contributed by atoms with Gasteiger partial charge in [-0.25, -0.2) is 4.39 Å². The molecule has 1 aromatic rings. The molecule has 1 nitrogen and oxygen atoms in total. The topological polar surface area (TPSA) is 26.0 Å². The van der Waals surface area contributed by atoms with Crippen molar-refractivity contribution in [1.82, 2.24) is 0 Å². The summed E-state index contributed by atoms with van der Waals surface area (Å²) in [5.41, 5.74) is 6.63. The van der Waals surface area contributed by atoms with Gasteiger partial charge in [-0.2, -0.15) is 0 Å². The van der Waals surface area contributed by atoms with Gasteiger partial charge in [-0.1, -0.05) is 17.7 Å². The van der Waals surface area contributed by atoms with Crippen LogP contribution in [0, 0.1) is 5.82 Å². The Balaban J connectivity index is 2.63. The number of nitrogens with two attached hydrogens (primary N) is 1. The summed E-state index contributed by atoms with van der Waals surface area (Å²) in [6.07, 6.45) is 1.74. The van der Waals surface area contributed by atoms with Crippen molar-refractivity contribution in [3.8, 4) is 0 Å². The van der Waals surface area contributed by atoms with E-state index in [1.54, 1.807) is 12.1 Å². The van der Waals surface area contributed by atoms with Crippen LogP contribution in [0.15, 0.2) is 18.2 Å². The van der Waals surface area contributed by atoms with E-state index in [4.69, 9.17) is 17.3 Å². The lowest BCUT2D eigenvalue weighted by atomic mass is 10.1. The van der Waals surface area contributed by atoms with Gasteiger partial charge in [-0.15, -0.1) is 0 Å². The van der Waals surface area contributed by atoms with Crippen LogP contribution in [0.2, 0.25) is 5.02 Å². The lowest BCUT2D eigenvalue weighted by molar-refractivity contribution is 0.625. The molecule has 0 spiro atoms. The first-order valence-electron chi connectivity index (χ1n) is 4.29. The molecule has 3 heteroatoms. The number of rotatable bonds is 3.